The molecule has 2 rings (SSSR count). The standard InChI is InChI=1S/C9H6ClNO2/c10-6-1-2-9-8(3-6)11-4-7(5-12)13-9/h1-5,11H. The van der Waals surface area contributed by atoms with Crippen LogP contribution in [0.2, 0.25) is 5.02 Å². The Morgan fingerprint density at radius 2 is 2.31 bits per heavy atom. The number of halogens is 1. The van der Waals surface area contributed by atoms with Gasteiger partial charge >= 0.3 is 0 Å². The Morgan fingerprint density at radius 3 is 3.08 bits per heavy atom. The lowest BCUT2D eigenvalue weighted by atomic mass is 10.2. The number of benzene rings is 1. The van der Waals surface area contributed by atoms with Crippen molar-refractivity contribution in [2.75, 3.05) is 5.32 Å². The summed E-state index contributed by atoms with van der Waals surface area (Å²) in [6.07, 6.45) is 2.14. The lowest BCUT2D eigenvalue weighted by Gasteiger charge is -2.15. The summed E-state index contributed by atoms with van der Waals surface area (Å²) in [6.45, 7) is 0. The van der Waals surface area contributed by atoms with Gasteiger partial charge in [0, 0.05) is 11.2 Å². The van der Waals surface area contributed by atoms with Gasteiger partial charge in [0.1, 0.15) is 0 Å². The monoisotopic (exact) mass is 195 g/mol. The second kappa shape index (κ2) is 3.11. The second-order valence-electron chi connectivity index (χ2n) is 2.55. The van der Waals surface area contributed by atoms with E-state index in [9.17, 15) is 4.79 Å². The summed E-state index contributed by atoms with van der Waals surface area (Å²) in [5, 5.41) is 3.52. The van der Waals surface area contributed by atoms with E-state index >= 15 is 0 Å². The third kappa shape index (κ3) is 1.51. The van der Waals surface area contributed by atoms with E-state index in [1.54, 1.807) is 18.2 Å². The van der Waals surface area contributed by atoms with Gasteiger partial charge in [-0.3, -0.25) is 4.79 Å². The fraction of sp³-hybridized carbons (Fsp3) is 0. The molecule has 1 heterocycles. The van der Waals surface area contributed by atoms with Crippen LogP contribution in [0.15, 0.2) is 30.2 Å². The van der Waals surface area contributed by atoms with Crippen molar-refractivity contribution in [1.29, 1.82) is 0 Å². The predicted octanol–water partition coefficient (Wildman–Crippen LogP) is 2.18. The van der Waals surface area contributed by atoms with Gasteiger partial charge in [0.2, 0.25) is 0 Å². The normalized spacial score (nSPS) is 13.5. The maximum absolute atomic E-state index is 10.4. The summed E-state index contributed by atoms with van der Waals surface area (Å²) < 4.78 is 5.21. The Hall–Kier alpha value is -1.48. The summed E-state index contributed by atoms with van der Waals surface area (Å²) >= 11 is 5.76. The molecule has 0 aromatic heterocycles. The van der Waals surface area contributed by atoms with Gasteiger partial charge in [-0.2, -0.15) is 0 Å². The van der Waals surface area contributed by atoms with Crippen molar-refractivity contribution >= 4 is 23.6 Å². The first-order chi connectivity index (χ1) is 6.29. The number of aldehydes is 1. The average molecular weight is 196 g/mol. The number of anilines is 1. The van der Waals surface area contributed by atoms with Crippen molar-refractivity contribution in [1.82, 2.24) is 0 Å². The molecule has 1 N–H and O–H groups in total. The highest BCUT2D eigenvalue weighted by molar-refractivity contribution is 6.30. The molecule has 1 aliphatic heterocycles. The van der Waals surface area contributed by atoms with Crippen LogP contribution in [-0.4, -0.2) is 6.29 Å². The molecule has 3 nitrogen and oxygen atoms in total. The van der Waals surface area contributed by atoms with Gasteiger partial charge in [-0.25, -0.2) is 0 Å². The first kappa shape index (κ1) is 8.13. The molecule has 13 heavy (non-hydrogen) atoms. The van der Waals surface area contributed by atoms with Gasteiger partial charge in [-0.05, 0) is 18.2 Å². The number of nitrogens with one attached hydrogen (secondary N) is 1. The Morgan fingerprint density at radius 1 is 1.46 bits per heavy atom. The molecule has 0 saturated heterocycles. The Bertz CT molecular complexity index is 387. The summed E-state index contributed by atoms with van der Waals surface area (Å²) in [4.78, 5) is 10.4. The van der Waals surface area contributed by atoms with Crippen molar-refractivity contribution in [2.24, 2.45) is 0 Å². The van der Waals surface area contributed by atoms with E-state index in [0.29, 0.717) is 17.1 Å². The molecule has 0 fully saturated rings. The number of fused-ring (bicyclic) bond motifs is 1. The molecule has 0 amide bonds. The minimum absolute atomic E-state index is 0.259. The number of hydrogen-bond acceptors (Lipinski definition) is 3. The molecule has 0 saturated carbocycles. The van der Waals surface area contributed by atoms with Gasteiger partial charge in [0.15, 0.2) is 17.8 Å². The van der Waals surface area contributed by atoms with Crippen LogP contribution in [0.4, 0.5) is 5.69 Å². The molecular weight excluding hydrogens is 190 g/mol. The summed E-state index contributed by atoms with van der Waals surface area (Å²) in [5.74, 6) is 0.865. The largest absolute Gasteiger partial charge is 0.450 e. The van der Waals surface area contributed by atoms with Crippen molar-refractivity contribution < 1.29 is 9.53 Å². The molecule has 0 spiro atoms. The van der Waals surface area contributed by atoms with E-state index in [4.69, 9.17) is 16.3 Å². The molecule has 4 heteroatoms. The molecule has 0 atom stereocenters. The average Bonchev–Trinajstić information content (AvgIpc) is 2.17. The van der Waals surface area contributed by atoms with E-state index in [1.165, 1.54) is 6.20 Å². The first-order valence-corrected chi connectivity index (χ1v) is 4.06. The first-order valence-electron chi connectivity index (χ1n) is 3.69. The van der Waals surface area contributed by atoms with Crippen molar-refractivity contribution in [2.45, 2.75) is 0 Å². The van der Waals surface area contributed by atoms with E-state index < -0.39 is 0 Å². The number of ether oxygens (including phenoxy) is 1. The second-order valence-corrected chi connectivity index (χ2v) is 2.99. The SMILES string of the molecule is O=CC1=CNc2cc(Cl)ccc2O1. The zero-order valence-electron chi connectivity index (χ0n) is 6.58. The smallest absolute Gasteiger partial charge is 0.186 e. The minimum atomic E-state index is 0.259. The van der Waals surface area contributed by atoms with Crippen LogP contribution in [0.5, 0.6) is 5.75 Å². The molecule has 1 aromatic carbocycles. The van der Waals surface area contributed by atoms with E-state index in [-0.39, 0.29) is 5.76 Å². The van der Waals surface area contributed by atoms with Crippen LogP contribution in [0, 0.1) is 0 Å². The van der Waals surface area contributed by atoms with Crippen LogP contribution < -0.4 is 10.1 Å². The number of rotatable bonds is 1. The van der Waals surface area contributed by atoms with Gasteiger partial charge in [0.25, 0.3) is 0 Å². The maximum Gasteiger partial charge on any atom is 0.186 e. The fourth-order valence-corrected chi connectivity index (χ4v) is 1.24. The van der Waals surface area contributed by atoms with Gasteiger partial charge < -0.3 is 10.1 Å². The Balaban J connectivity index is 2.38. The molecular formula is C9H6ClNO2. The minimum Gasteiger partial charge on any atom is -0.450 e. The lowest BCUT2D eigenvalue weighted by Crippen LogP contribution is -2.07. The summed E-state index contributed by atoms with van der Waals surface area (Å²) in [6, 6.07) is 5.14. The van der Waals surface area contributed by atoms with Gasteiger partial charge in [0.05, 0.1) is 5.69 Å². The molecule has 1 aliphatic rings. The third-order valence-corrected chi connectivity index (χ3v) is 1.89. The number of carbonyl (C=O) groups excluding carboxylic acids is 1. The third-order valence-electron chi connectivity index (χ3n) is 1.66. The molecule has 0 aliphatic carbocycles. The lowest BCUT2D eigenvalue weighted by molar-refractivity contribution is -0.106. The van der Waals surface area contributed by atoms with Gasteiger partial charge in [-0.1, -0.05) is 11.6 Å². The highest BCUT2D eigenvalue weighted by atomic mass is 35.5. The maximum atomic E-state index is 10.4. The van der Waals surface area contributed by atoms with Crippen molar-refractivity contribution in [3.05, 3.63) is 35.2 Å². The highest BCUT2D eigenvalue weighted by Gasteiger charge is 2.11. The quantitative estimate of drug-likeness (QED) is 0.698. The summed E-state index contributed by atoms with van der Waals surface area (Å²) in [5.41, 5.74) is 0.762. The van der Waals surface area contributed by atoms with Crippen LogP contribution in [0.25, 0.3) is 0 Å². The summed E-state index contributed by atoms with van der Waals surface area (Å²) in [7, 11) is 0. The fourth-order valence-electron chi connectivity index (χ4n) is 1.07. The Kier molecular flexibility index (Phi) is 1.94. The molecule has 0 bridgehead atoms. The van der Waals surface area contributed by atoms with Gasteiger partial charge in [-0.15, -0.1) is 0 Å². The zero-order valence-corrected chi connectivity index (χ0v) is 7.34. The molecule has 66 valence electrons. The van der Waals surface area contributed by atoms with Crippen LogP contribution in [0.3, 0.4) is 0 Å². The topological polar surface area (TPSA) is 38.3 Å². The van der Waals surface area contributed by atoms with Crippen molar-refractivity contribution in [3.63, 3.8) is 0 Å². The van der Waals surface area contributed by atoms with Crippen LogP contribution >= 0.6 is 11.6 Å². The van der Waals surface area contributed by atoms with Crippen LogP contribution in [0.1, 0.15) is 0 Å². The molecule has 1 aromatic rings. The Labute approximate surface area is 80.0 Å². The molecule has 0 radical (unpaired) electrons. The molecule has 0 unspecified atom stereocenters. The zero-order chi connectivity index (χ0) is 9.26. The number of allylic oxidation sites excluding steroid dienone is 1. The van der Waals surface area contributed by atoms with E-state index in [1.807, 2.05) is 0 Å². The number of carbonyl (C=O) groups is 1. The predicted molar refractivity (Wildman–Crippen MR) is 49.8 cm³/mol. The van der Waals surface area contributed by atoms with E-state index in [0.717, 1.165) is 5.69 Å². The van der Waals surface area contributed by atoms with E-state index in [2.05, 4.69) is 5.32 Å². The highest BCUT2D eigenvalue weighted by Crippen LogP contribution is 2.31. The van der Waals surface area contributed by atoms with Crippen molar-refractivity contribution in [3.8, 4) is 5.75 Å². The number of hydrogen-bond donors (Lipinski definition) is 1. The van der Waals surface area contributed by atoms with Crippen LogP contribution in [-0.2, 0) is 4.79 Å².